The van der Waals surface area contributed by atoms with Gasteiger partial charge < -0.3 is 0 Å². The minimum absolute atomic E-state index is 0. The van der Waals surface area contributed by atoms with Crippen LogP contribution in [-0.2, 0) is 0 Å². The zero-order valence-corrected chi connectivity index (χ0v) is 5.71. The van der Waals surface area contributed by atoms with Crippen LogP contribution in [-0.4, -0.2) is 19.2 Å². The molecule has 0 saturated carbocycles. The predicted molar refractivity (Wildman–Crippen MR) is 46.8 cm³/mol. The van der Waals surface area contributed by atoms with E-state index >= 15 is 0 Å². The van der Waals surface area contributed by atoms with Gasteiger partial charge in [0.1, 0.15) is 0 Å². The second kappa shape index (κ2) is 15.8. The molecule has 0 aliphatic rings. The molecule has 7 heavy (non-hydrogen) atoms. The van der Waals surface area contributed by atoms with Gasteiger partial charge in [-0.3, -0.25) is 0 Å². The first-order valence-corrected chi connectivity index (χ1v) is 5.12. The van der Waals surface area contributed by atoms with E-state index < -0.39 is 0 Å². The van der Waals surface area contributed by atoms with Crippen LogP contribution in [0.4, 0.5) is 0 Å². The van der Waals surface area contributed by atoms with E-state index in [2.05, 4.69) is 13.3 Å². The molecule has 0 aromatic rings. The van der Waals surface area contributed by atoms with Gasteiger partial charge in [0, 0.05) is 0 Å². The lowest BCUT2D eigenvalue weighted by atomic mass is 11.9. The van der Waals surface area contributed by atoms with Crippen molar-refractivity contribution in [1.82, 2.24) is 0 Å². The highest BCUT2D eigenvalue weighted by Gasteiger charge is 1.66. The molecule has 0 saturated heterocycles. The van der Waals surface area contributed by atoms with Crippen LogP contribution in [0, 0.1) is 0 Å². The van der Waals surface area contributed by atoms with Crippen molar-refractivity contribution >= 4 is 17.2 Å². The molecule has 0 aliphatic carbocycles. The van der Waals surface area contributed by atoms with E-state index in [9.17, 15) is 0 Å². The molecule has 2 heteroatoms. The number of rotatable bonds is 2. The Morgan fingerprint density at radius 3 is 1.29 bits per heavy atom. The quantitative estimate of drug-likeness (QED) is 0.517. The first kappa shape index (κ1) is 15.7. The Morgan fingerprint density at radius 1 is 1.00 bits per heavy atom. The lowest BCUT2D eigenvalue weighted by Gasteiger charge is -1.81. The second-order valence-corrected chi connectivity index (χ2v) is 3.71. The van der Waals surface area contributed by atoms with Crippen LogP contribution in [0.3, 0.4) is 0 Å². The van der Waals surface area contributed by atoms with Crippen LogP contribution in [0.1, 0.15) is 14.9 Å². The van der Waals surface area contributed by atoms with Crippen molar-refractivity contribution in [2.24, 2.45) is 0 Å². The van der Waals surface area contributed by atoms with E-state index in [4.69, 9.17) is 0 Å². The zero-order chi connectivity index (χ0) is 4.12. The lowest BCUT2D eigenvalue weighted by Crippen LogP contribution is -1.48. The summed E-state index contributed by atoms with van der Waals surface area (Å²) in [5.74, 6) is 1.44. The molecule has 0 bridgehead atoms. The van der Waals surface area contributed by atoms with Crippen molar-refractivity contribution in [1.29, 1.82) is 0 Å². The molecule has 0 heterocycles. The Balaban J connectivity index is -0.0000000800. The van der Waals surface area contributed by atoms with Gasteiger partial charge in [-0.25, -0.2) is 0 Å². The molecule has 2 atom stereocenters. The highest BCUT2D eigenvalue weighted by atomic mass is 31.1. The summed E-state index contributed by atoms with van der Waals surface area (Å²) in [5, 5.41) is 0. The molecule has 2 unspecified atom stereocenters. The van der Waals surface area contributed by atoms with Crippen molar-refractivity contribution in [2.75, 3.05) is 19.2 Å². The third-order valence-electron chi connectivity index (χ3n) is 0.354. The highest BCUT2D eigenvalue weighted by molar-refractivity contribution is 7.55. The predicted octanol–water partition coefficient (Wildman–Crippen LogP) is 2.83. The molecule has 0 spiro atoms. The van der Waals surface area contributed by atoms with Crippen LogP contribution in [0.5, 0.6) is 0 Å². The largest absolute Gasteiger partial charge is 0.121 e. The number of hydrogen-bond acceptors (Lipinski definition) is 0. The van der Waals surface area contributed by atoms with Gasteiger partial charge in [-0.05, 0) is 19.2 Å². The summed E-state index contributed by atoms with van der Waals surface area (Å²) in [6, 6.07) is 0. The van der Waals surface area contributed by atoms with Gasteiger partial charge in [-0.15, -0.1) is 17.2 Å². The topological polar surface area (TPSA) is 0 Å². The average Bonchev–Trinajstić information content (AvgIpc) is 1.41. The van der Waals surface area contributed by atoms with Gasteiger partial charge in [0.25, 0.3) is 0 Å². The summed E-state index contributed by atoms with van der Waals surface area (Å²) in [5.41, 5.74) is 0. The highest BCUT2D eigenvalue weighted by Crippen LogP contribution is 2.14. The standard InChI is InChI=1S/C3H10P2.2CH4/c1-4-3-5-2;;/h4-5H,3H2,1-2H3;2*1H4. The molecule has 0 amide bonds. The first-order valence-electron chi connectivity index (χ1n) is 1.71. The molecule has 48 valence electrons. The molecule has 0 N–H and O–H groups in total. The van der Waals surface area contributed by atoms with Gasteiger partial charge in [0.2, 0.25) is 0 Å². The molecular formula is C5H18P2. The van der Waals surface area contributed by atoms with E-state index in [1.807, 2.05) is 0 Å². The summed E-state index contributed by atoms with van der Waals surface area (Å²) in [4.78, 5) is 0. The summed E-state index contributed by atoms with van der Waals surface area (Å²) >= 11 is 0. The molecular weight excluding hydrogens is 122 g/mol. The minimum atomic E-state index is 0. The van der Waals surface area contributed by atoms with Gasteiger partial charge in [-0.1, -0.05) is 14.9 Å². The Bertz CT molecular complexity index is 13.6. The number of hydrogen-bond donors (Lipinski definition) is 0. The maximum absolute atomic E-state index is 2.25. The third-order valence-corrected chi connectivity index (χ3v) is 3.18. The van der Waals surface area contributed by atoms with Crippen molar-refractivity contribution < 1.29 is 0 Å². The van der Waals surface area contributed by atoms with Crippen LogP contribution >= 0.6 is 17.2 Å². The van der Waals surface area contributed by atoms with Crippen molar-refractivity contribution in [3.8, 4) is 0 Å². The molecule has 0 nitrogen and oxygen atoms in total. The van der Waals surface area contributed by atoms with Gasteiger partial charge in [0.15, 0.2) is 0 Å². The van der Waals surface area contributed by atoms with E-state index in [1.165, 1.54) is 23.1 Å². The van der Waals surface area contributed by atoms with E-state index in [-0.39, 0.29) is 14.9 Å². The normalized spacial score (nSPS) is 9.43. The smallest absolute Gasteiger partial charge is 0.0180 e. The third kappa shape index (κ3) is 19.8. The van der Waals surface area contributed by atoms with Crippen molar-refractivity contribution in [3.05, 3.63) is 0 Å². The van der Waals surface area contributed by atoms with Crippen LogP contribution < -0.4 is 0 Å². The van der Waals surface area contributed by atoms with Gasteiger partial charge in [-0.2, -0.15) is 0 Å². The van der Waals surface area contributed by atoms with Crippen LogP contribution in [0.15, 0.2) is 0 Å². The van der Waals surface area contributed by atoms with E-state index in [0.29, 0.717) is 0 Å². The average molecular weight is 140 g/mol. The van der Waals surface area contributed by atoms with E-state index in [1.54, 1.807) is 0 Å². The Morgan fingerprint density at radius 2 is 1.29 bits per heavy atom. The molecule has 0 rings (SSSR count). The summed E-state index contributed by atoms with van der Waals surface area (Å²) < 4.78 is 0. The fourth-order valence-corrected chi connectivity index (χ4v) is 1.59. The summed E-state index contributed by atoms with van der Waals surface area (Å²) in [6.45, 7) is 4.49. The molecule has 0 fully saturated rings. The fraction of sp³-hybridized carbons (Fsp3) is 1.00. The van der Waals surface area contributed by atoms with Gasteiger partial charge in [0.05, 0.1) is 0 Å². The van der Waals surface area contributed by atoms with Gasteiger partial charge >= 0.3 is 0 Å². The Labute approximate surface area is 52.0 Å². The fourth-order valence-electron chi connectivity index (χ4n) is 0.177. The molecule has 0 aromatic heterocycles. The summed E-state index contributed by atoms with van der Waals surface area (Å²) in [7, 11) is 2.34. The van der Waals surface area contributed by atoms with Crippen LogP contribution in [0.25, 0.3) is 0 Å². The SMILES string of the molecule is C.C.CPCPC. The molecule has 0 aliphatic heterocycles. The lowest BCUT2D eigenvalue weighted by molar-refractivity contribution is 2.13. The van der Waals surface area contributed by atoms with Crippen LogP contribution in [0.2, 0.25) is 0 Å². The van der Waals surface area contributed by atoms with E-state index in [0.717, 1.165) is 0 Å². The monoisotopic (exact) mass is 140 g/mol. The molecule has 0 radical (unpaired) electrons. The Kier molecular flexibility index (Phi) is 35.4. The Hall–Kier alpha value is 0.860. The maximum Gasteiger partial charge on any atom is -0.0180 e. The summed E-state index contributed by atoms with van der Waals surface area (Å²) in [6.07, 6.45) is 0. The first-order chi connectivity index (χ1) is 2.41. The second-order valence-electron chi connectivity index (χ2n) is 0.884. The minimum Gasteiger partial charge on any atom is -0.121 e. The van der Waals surface area contributed by atoms with Crippen molar-refractivity contribution in [2.45, 2.75) is 14.9 Å². The van der Waals surface area contributed by atoms with Crippen molar-refractivity contribution in [3.63, 3.8) is 0 Å². The maximum atomic E-state index is 2.25. The molecule has 0 aromatic carbocycles. The zero-order valence-electron chi connectivity index (χ0n) is 3.71.